The van der Waals surface area contributed by atoms with Gasteiger partial charge >= 0.3 is 0 Å². The number of hydrogen-bond acceptors (Lipinski definition) is 2. The van der Waals surface area contributed by atoms with Crippen LogP contribution in [0.3, 0.4) is 0 Å². The Morgan fingerprint density at radius 3 is 2.67 bits per heavy atom. The van der Waals surface area contributed by atoms with E-state index in [9.17, 15) is 4.79 Å². The van der Waals surface area contributed by atoms with E-state index in [0.717, 1.165) is 0 Å². The van der Waals surface area contributed by atoms with Crippen molar-refractivity contribution in [3.05, 3.63) is 23.9 Å². The Kier molecular flexibility index (Phi) is 1.39. The molecule has 0 radical (unpaired) electrons. The van der Waals surface area contributed by atoms with Gasteiger partial charge in [0.1, 0.15) is 5.78 Å². The van der Waals surface area contributed by atoms with Crippen molar-refractivity contribution in [3.8, 4) is 0 Å². The summed E-state index contributed by atoms with van der Waals surface area (Å²) in [4.78, 5) is 10.6. The predicted octanol–water partition coefficient (Wildman–Crippen LogP) is 0.604. The van der Waals surface area contributed by atoms with Gasteiger partial charge in [0.05, 0.1) is 5.92 Å². The lowest BCUT2D eigenvalue weighted by molar-refractivity contribution is -0.118. The third kappa shape index (κ3) is 1.19. The van der Waals surface area contributed by atoms with Crippen LogP contribution in [0.15, 0.2) is 23.9 Å². The highest BCUT2D eigenvalue weighted by molar-refractivity contribution is 5.83. The first-order chi connectivity index (χ1) is 4.20. The summed E-state index contributed by atoms with van der Waals surface area (Å²) in [7, 11) is 0. The number of carbonyl (C=O) groups is 1. The van der Waals surface area contributed by atoms with Crippen LogP contribution in [-0.2, 0) is 4.79 Å². The van der Waals surface area contributed by atoms with E-state index in [4.69, 9.17) is 5.73 Å². The van der Waals surface area contributed by atoms with Gasteiger partial charge in [-0.1, -0.05) is 6.08 Å². The standard InChI is InChI=1S/C7H9NO/c1-5(9)6-2-3-7(8)4-6/h2-4,6H,8H2,1H3. The van der Waals surface area contributed by atoms with E-state index in [2.05, 4.69) is 0 Å². The van der Waals surface area contributed by atoms with E-state index in [1.54, 1.807) is 25.2 Å². The minimum Gasteiger partial charge on any atom is -0.399 e. The molecule has 0 aromatic rings. The Balaban J connectivity index is 2.70. The van der Waals surface area contributed by atoms with E-state index in [1.165, 1.54) is 0 Å². The summed E-state index contributed by atoms with van der Waals surface area (Å²) < 4.78 is 0. The molecule has 0 amide bonds. The minimum atomic E-state index is -0.0648. The summed E-state index contributed by atoms with van der Waals surface area (Å²) in [6.07, 6.45) is 5.31. The SMILES string of the molecule is CC(=O)C1C=CC(N)=C1. The molecule has 0 saturated heterocycles. The smallest absolute Gasteiger partial charge is 0.140 e. The second kappa shape index (κ2) is 2.05. The van der Waals surface area contributed by atoms with Gasteiger partial charge in [-0.2, -0.15) is 0 Å². The molecule has 9 heavy (non-hydrogen) atoms. The zero-order valence-electron chi connectivity index (χ0n) is 5.29. The topological polar surface area (TPSA) is 43.1 Å². The second-order valence-electron chi connectivity index (χ2n) is 2.16. The molecule has 2 N–H and O–H groups in total. The first-order valence-corrected chi connectivity index (χ1v) is 2.86. The van der Waals surface area contributed by atoms with E-state index in [-0.39, 0.29) is 11.7 Å². The highest BCUT2D eigenvalue weighted by Gasteiger charge is 2.10. The quantitative estimate of drug-likeness (QED) is 0.555. The number of hydrogen-bond donors (Lipinski definition) is 1. The number of carbonyl (C=O) groups excluding carboxylic acids is 1. The molecular weight excluding hydrogens is 114 g/mol. The lowest BCUT2D eigenvalue weighted by Gasteiger charge is -1.94. The fraction of sp³-hybridized carbons (Fsp3) is 0.286. The number of nitrogens with two attached hydrogens (primary N) is 1. The maximum atomic E-state index is 10.6. The van der Waals surface area contributed by atoms with Crippen LogP contribution in [0.25, 0.3) is 0 Å². The van der Waals surface area contributed by atoms with Crippen molar-refractivity contribution >= 4 is 5.78 Å². The molecule has 1 aliphatic carbocycles. The Hall–Kier alpha value is -1.05. The van der Waals surface area contributed by atoms with Gasteiger partial charge < -0.3 is 5.73 Å². The summed E-state index contributed by atoms with van der Waals surface area (Å²) in [6.45, 7) is 1.56. The molecule has 0 heterocycles. The van der Waals surface area contributed by atoms with Gasteiger partial charge in [0.2, 0.25) is 0 Å². The van der Waals surface area contributed by atoms with Crippen molar-refractivity contribution in [3.63, 3.8) is 0 Å². The van der Waals surface area contributed by atoms with E-state index < -0.39 is 0 Å². The van der Waals surface area contributed by atoms with Crippen LogP contribution in [-0.4, -0.2) is 5.78 Å². The van der Waals surface area contributed by atoms with Crippen LogP contribution in [0, 0.1) is 5.92 Å². The van der Waals surface area contributed by atoms with Gasteiger partial charge in [0.25, 0.3) is 0 Å². The maximum absolute atomic E-state index is 10.6. The molecule has 1 aliphatic rings. The minimum absolute atomic E-state index is 0.0648. The average molecular weight is 123 g/mol. The van der Waals surface area contributed by atoms with Crippen LogP contribution in [0.2, 0.25) is 0 Å². The molecule has 48 valence electrons. The average Bonchev–Trinajstić information content (AvgIpc) is 2.14. The van der Waals surface area contributed by atoms with Crippen molar-refractivity contribution in [2.45, 2.75) is 6.92 Å². The Morgan fingerprint density at radius 1 is 1.78 bits per heavy atom. The number of Topliss-reactive ketones (excluding diaryl/α,β-unsaturated/α-hetero) is 1. The van der Waals surface area contributed by atoms with Crippen molar-refractivity contribution in [2.24, 2.45) is 11.7 Å². The van der Waals surface area contributed by atoms with Crippen LogP contribution in [0.5, 0.6) is 0 Å². The van der Waals surface area contributed by atoms with Crippen molar-refractivity contribution < 1.29 is 4.79 Å². The van der Waals surface area contributed by atoms with Crippen LogP contribution >= 0.6 is 0 Å². The summed E-state index contributed by atoms with van der Waals surface area (Å²) in [5.74, 6) is 0.0803. The number of ketones is 1. The van der Waals surface area contributed by atoms with E-state index in [1.807, 2.05) is 0 Å². The highest BCUT2D eigenvalue weighted by Crippen LogP contribution is 2.12. The molecule has 2 heteroatoms. The van der Waals surface area contributed by atoms with Gasteiger partial charge in [-0.3, -0.25) is 4.79 Å². The van der Waals surface area contributed by atoms with E-state index in [0.29, 0.717) is 5.70 Å². The van der Waals surface area contributed by atoms with Crippen LogP contribution in [0.4, 0.5) is 0 Å². The summed E-state index contributed by atoms with van der Waals surface area (Å²) in [5.41, 5.74) is 6.08. The molecule has 1 unspecified atom stereocenters. The molecule has 0 aromatic heterocycles. The first-order valence-electron chi connectivity index (χ1n) is 2.86. The van der Waals surface area contributed by atoms with Gasteiger partial charge in [-0.05, 0) is 19.1 Å². The van der Waals surface area contributed by atoms with Crippen LogP contribution in [0.1, 0.15) is 6.92 Å². The highest BCUT2D eigenvalue weighted by atomic mass is 16.1. The molecular formula is C7H9NO. The largest absolute Gasteiger partial charge is 0.399 e. The predicted molar refractivity (Wildman–Crippen MR) is 35.6 cm³/mol. The molecule has 0 bridgehead atoms. The maximum Gasteiger partial charge on any atom is 0.140 e. The monoisotopic (exact) mass is 123 g/mol. The zero-order chi connectivity index (χ0) is 6.85. The van der Waals surface area contributed by atoms with E-state index >= 15 is 0 Å². The molecule has 2 nitrogen and oxygen atoms in total. The van der Waals surface area contributed by atoms with Gasteiger partial charge in [-0.25, -0.2) is 0 Å². The second-order valence-corrected chi connectivity index (χ2v) is 2.16. The lowest BCUT2D eigenvalue weighted by atomic mass is 10.1. The first kappa shape index (κ1) is 6.08. The van der Waals surface area contributed by atoms with Gasteiger partial charge in [-0.15, -0.1) is 0 Å². The Labute approximate surface area is 54.0 Å². The molecule has 0 spiro atoms. The Bertz CT molecular complexity index is 191. The normalized spacial score (nSPS) is 24.1. The van der Waals surface area contributed by atoms with Crippen molar-refractivity contribution in [1.29, 1.82) is 0 Å². The molecule has 0 aliphatic heterocycles. The van der Waals surface area contributed by atoms with Gasteiger partial charge in [0, 0.05) is 5.70 Å². The molecule has 0 aromatic carbocycles. The molecule has 0 fully saturated rings. The van der Waals surface area contributed by atoms with Crippen molar-refractivity contribution in [1.82, 2.24) is 0 Å². The third-order valence-electron chi connectivity index (χ3n) is 1.34. The van der Waals surface area contributed by atoms with Gasteiger partial charge in [0.15, 0.2) is 0 Å². The molecule has 0 saturated carbocycles. The zero-order valence-corrected chi connectivity index (χ0v) is 5.29. The molecule has 1 rings (SSSR count). The summed E-state index contributed by atoms with van der Waals surface area (Å²) in [6, 6.07) is 0. The summed E-state index contributed by atoms with van der Waals surface area (Å²) >= 11 is 0. The third-order valence-corrected chi connectivity index (χ3v) is 1.34. The van der Waals surface area contributed by atoms with Crippen LogP contribution < -0.4 is 5.73 Å². The number of rotatable bonds is 1. The Morgan fingerprint density at radius 2 is 2.44 bits per heavy atom. The summed E-state index contributed by atoms with van der Waals surface area (Å²) in [5, 5.41) is 0. The molecule has 1 atom stereocenters. The fourth-order valence-electron chi connectivity index (χ4n) is 0.786. The number of allylic oxidation sites excluding steroid dienone is 3. The van der Waals surface area contributed by atoms with Crippen molar-refractivity contribution in [2.75, 3.05) is 0 Å². The lowest BCUT2D eigenvalue weighted by Crippen LogP contribution is -2.02. The fourth-order valence-corrected chi connectivity index (χ4v) is 0.786.